The second-order valence-corrected chi connectivity index (χ2v) is 5.33. The van der Waals surface area contributed by atoms with Crippen LogP contribution in [0.25, 0.3) is 0 Å². The quantitative estimate of drug-likeness (QED) is 0.500. The molecule has 0 aliphatic carbocycles. The fraction of sp³-hybridized carbons (Fsp3) is 0.818. The Morgan fingerprint density at radius 1 is 1.47 bits per heavy atom. The first-order valence-corrected chi connectivity index (χ1v) is 6.51. The van der Waals surface area contributed by atoms with Crippen LogP contribution in [0, 0.1) is 11.8 Å². The molecule has 4 atom stereocenters. The van der Waals surface area contributed by atoms with Crippen LogP contribution in [0.3, 0.4) is 0 Å². The number of aliphatic hydroxyl groups excluding tert-OH is 1. The van der Waals surface area contributed by atoms with Gasteiger partial charge in [0, 0.05) is 6.61 Å². The van der Waals surface area contributed by atoms with Crippen molar-refractivity contribution in [3.05, 3.63) is 12.7 Å². The Morgan fingerprint density at radius 2 is 2.07 bits per heavy atom. The van der Waals surface area contributed by atoms with Gasteiger partial charge < -0.3 is 9.66 Å². The second kappa shape index (κ2) is 8.02. The summed E-state index contributed by atoms with van der Waals surface area (Å²) < 4.78 is 20.4. The van der Waals surface area contributed by atoms with Crippen LogP contribution in [-0.2, 0) is 11.1 Å². The zero-order chi connectivity index (χ0) is 11.8. The minimum atomic E-state index is -1.79. The van der Waals surface area contributed by atoms with E-state index in [-0.39, 0.29) is 23.7 Å². The molecule has 0 heterocycles. The van der Waals surface area contributed by atoms with Crippen LogP contribution < -0.4 is 0 Å². The summed E-state index contributed by atoms with van der Waals surface area (Å²) in [6, 6.07) is 0. The van der Waals surface area contributed by atoms with E-state index in [1.165, 1.54) is 0 Å². The molecular formula is C11H22O3S. The highest BCUT2D eigenvalue weighted by molar-refractivity contribution is 7.79. The van der Waals surface area contributed by atoms with Crippen molar-refractivity contribution in [2.75, 3.05) is 6.61 Å². The molecule has 0 spiro atoms. The van der Waals surface area contributed by atoms with Crippen LogP contribution in [0.4, 0.5) is 0 Å². The van der Waals surface area contributed by atoms with Gasteiger partial charge in [-0.3, -0.25) is 0 Å². The molecule has 3 nitrogen and oxygen atoms in total. The van der Waals surface area contributed by atoms with Gasteiger partial charge in [-0.05, 0) is 31.1 Å². The monoisotopic (exact) mass is 234 g/mol. The molecule has 0 aliphatic rings. The van der Waals surface area contributed by atoms with Crippen molar-refractivity contribution in [2.24, 2.45) is 11.8 Å². The minimum absolute atomic E-state index is 0.141. The molecule has 0 saturated heterocycles. The zero-order valence-electron chi connectivity index (χ0n) is 9.56. The number of rotatable bonds is 8. The Bertz CT molecular complexity index is 206. The molecule has 0 rings (SSSR count). The van der Waals surface area contributed by atoms with Gasteiger partial charge >= 0.3 is 0 Å². The van der Waals surface area contributed by atoms with Crippen LogP contribution in [0.5, 0.6) is 0 Å². The van der Waals surface area contributed by atoms with E-state index in [4.69, 9.17) is 5.11 Å². The molecule has 0 aromatic carbocycles. The lowest BCUT2D eigenvalue weighted by Crippen LogP contribution is -2.25. The predicted octanol–water partition coefficient (Wildman–Crippen LogP) is 2.20. The molecule has 0 saturated carbocycles. The normalized spacial score (nSPS) is 19.2. The maximum Gasteiger partial charge on any atom is 0.156 e. The molecule has 0 amide bonds. The third-order valence-corrected chi connectivity index (χ3v) is 3.86. The number of hydrogen-bond acceptors (Lipinski definition) is 2. The summed E-state index contributed by atoms with van der Waals surface area (Å²) in [5.41, 5.74) is 0. The lowest BCUT2D eigenvalue weighted by Gasteiger charge is -2.22. The SMILES string of the molecule is C=CC[C@H](C)[C@H](C[C@H](C)CCO)S(=O)O. The Balaban J connectivity index is 4.26. The van der Waals surface area contributed by atoms with Crippen LogP contribution in [0.2, 0.25) is 0 Å². The minimum Gasteiger partial charge on any atom is -0.396 e. The predicted molar refractivity (Wildman–Crippen MR) is 64.0 cm³/mol. The Morgan fingerprint density at radius 3 is 2.47 bits per heavy atom. The Kier molecular flexibility index (Phi) is 7.92. The lowest BCUT2D eigenvalue weighted by molar-refractivity contribution is 0.253. The summed E-state index contributed by atoms with van der Waals surface area (Å²) in [7, 11) is 0. The van der Waals surface area contributed by atoms with E-state index in [9.17, 15) is 8.76 Å². The van der Waals surface area contributed by atoms with E-state index in [2.05, 4.69) is 6.58 Å². The maximum absolute atomic E-state index is 11.2. The van der Waals surface area contributed by atoms with E-state index in [1.54, 1.807) is 6.08 Å². The smallest absolute Gasteiger partial charge is 0.156 e. The van der Waals surface area contributed by atoms with Gasteiger partial charge in [-0.2, -0.15) is 0 Å². The third kappa shape index (κ3) is 6.07. The van der Waals surface area contributed by atoms with E-state index in [0.29, 0.717) is 12.8 Å². The molecule has 0 radical (unpaired) electrons. The van der Waals surface area contributed by atoms with Gasteiger partial charge in [-0.15, -0.1) is 6.58 Å². The van der Waals surface area contributed by atoms with Crippen molar-refractivity contribution in [1.29, 1.82) is 0 Å². The number of aliphatic hydroxyl groups is 1. The molecule has 0 aromatic heterocycles. The second-order valence-electron chi connectivity index (χ2n) is 4.17. The molecule has 90 valence electrons. The van der Waals surface area contributed by atoms with Crippen molar-refractivity contribution < 1.29 is 13.9 Å². The summed E-state index contributed by atoms with van der Waals surface area (Å²) in [5.74, 6) is 0.442. The molecule has 15 heavy (non-hydrogen) atoms. The van der Waals surface area contributed by atoms with Crippen molar-refractivity contribution in [1.82, 2.24) is 0 Å². The van der Waals surface area contributed by atoms with Gasteiger partial charge in [0.2, 0.25) is 0 Å². The van der Waals surface area contributed by atoms with Crippen LogP contribution in [0.1, 0.15) is 33.1 Å². The highest BCUT2D eigenvalue weighted by Crippen LogP contribution is 2.22. The molecule has 0 aliphatic heterocycles. The fourth-order valence-corrected chi connectivity index (χ4v) is 2.66. The van der Waals surface area contributed by atoms with Crippen LogP contribution >= 0.6 is 0 Å². The first-order valence-electron chi connectivity index (χ1n) is 5.34. The lowest BCUT2D eigenvalue weighted by atomic mass is 9.93. The van der Waals surface area contributed by atoms with Crippen molar-refractivity contribution in [3.8, 4) is 0 Å². The fourth-order valence-electron chi connectivity index (χ4n) is 1.66. The van der Waals surface area contributed by atoms with Gasteiger partial charge in [0.1, 0.15) is 0 Å². The first-order chi connectivity index (χ1) is 7.02. The maximum atomic E-state index is 11.2. The van der Waals surface area contributed by atoms with Crippen molar-refractivity contribution in [3.63, 3.8) is 0 Å². The average Bonchev–Trinajstić information content (AvgIpc) is 2.14. The molecule has 4 heteroatoms. The molecule has 0 fully saturated rings. The summed E-state index contributed by atoms with van der Waals surface area (Å²) in [6.45, 7) is 7.74. The van der Waals surface area contributed by atoms with Crippen molar-refractivity contribution in [2.45, 2.75) is 38.4 Å². The van der Waals surface area contributed by atoms with Crippen LogP contribution in [-0.4, -0.2) is 25.7 Å². The van der Waals surface area contributed by atoms with E-state index in [1.807, 2.05) is 13.8 Å². The first kappa shape index (κ1) is 14.8. The Labute approximate surface area is 94.9 Å². The highest BCUT2D eigenvalue weighted by atomic mass is 32.2. The molecule has 0 aromatic rings. The van der Waals surface area contributed by atoms with Gasteiger partial charge in [0.05, 0.1) is 5.25 Å². The van der Waals surface area contributed by atoms with Crippen LogP contribution in [0.15, 0.2) is 12.7 Å². The van der Waals surface area contributed by atoms with Gasteiger partial charge in [0.25, 0.3) is 0 Å². The molecule has 2 N–H and O–H groups in total. The van der Waals surface area contributed by atoms with Crippen molar-refractivity contribution >= 4 is 11.1 Å². The summed E-state index contributed by atoms with van der Waals surface area (Å²) in [4.78, 5) is 0. The zero-order valence-corrected chi connectivity index (χ0v) is 10.4. The van der Waals surface area contributed by atoms with Gasteiger partial charge in [-0.1, -0.05) is 19.9 Å². The highest BCUT2D eigenvalue weighted by Gasteiger charge is 2.23. The largest absolute Gasteiger partial charge is 0.396 e. The summed E-state index contributed by atoms with van der Waals surface area (Å²) in [5, 5.41) is 8.56. The summed E-state index contributed by atoms with van der Waals surface area (Å²) >= 11 is -1.79. The van der Waals surface area contributed by atoms with Gasteiger partial charge in [-0.25, -0.2) is 4.21 Å². The van der Waals surface area contributed by atoms with E-state index < -0.39 is 11.1 Å². The van der Waals surface area contributed by atoms with E-state index >= 15 is 0 Å². The number of allylic oxidation sites excluding steroid dienone is 1. The topological polar surface area (TPSA) is 57.5 Å². The molecule has 0 bridgehead atoms. The molecule has 1 unspecified atom stereocenters. The molecular weight excluding hydrogens is 212 g/mol. The van der Waals surface area contributed by atoms with Gasteiger partial charge in [0.15, 0.2) is 11.1 Å². The standard InChI is InChI=1S/C11H22O3S/c1-4-5-10(3)11(15(13)14)8-9(2)6-7-12/h4,9-12H,1,5-8H2,2-3H3,(H,13,14)/t9-,10+,11+/m1/s1. The average molecular weight is 234 g/mol. The third-order valence-electron chi connectivity index (χ3n) is 2.69. The van der Waals surface area contributed by atoms with E-state index in [0.717, 1.165) is 6.42 Å². The summed E-state index contributed by atoms with van der Waals surface area (Å²) in [6.07, 6.45) is 3.90. The Hall–Kier alpha value is -0.190. The number of hydrogen-bond donors (Lipinski definition) is 2.